The number of methoxy groups -OCH3 is 1. The number of rotatable bonds is 4. The monoisotopic (exact) mass is 532 g/mol. The molecule has 0 N–H and O–H groups in total. The van der Waals surface area contributed by atoms with E-state index in [1.54, 1.807) is 24.3 Å². The first-order valence-corrected chi connectivity index (χ1v) is 14.1. The first-order valence-electron chi connectivity index (χ1n) is 11.2. The Hall–Kier alpha value is -2.59. The SMILES string of the molecule is COC(=O)c1cc(C)c2c(c1)S(=O)(=O)Cc1cc(N3CCN(Cc4cccs4)CC3)cc(Cl)c1O2. The van der Waals surface area contributed by atoms with E-state index in [0.29, 0.717) is 21.9 Å². The maximum Gasteiger partial charge on any atom is 0.337 e. The van der Waals surface area contributed by atoms with Crippen molar-refractivity contribution in [2.24, 2.45) is 0 Å². The van der Waals surface area contributed by atoms with Gasteiger partial charge in [-0.25, -0.2) is 13.2 Å². The maximum absolute atomic E-state index is 13.4. The predicted octanol–water partition coefficient (Wildman–Crippen LogP) is 4.90. The van der Waals surface area contributed by atoms with E-state index in [1.165, 1.54) is 18.1 Å². The first-order chi connectivity index (χ1) is 16.7. The van der Waals surface area contributed by atoms with Crippen LogP contribution in [0.5, 0.6) is 11.5 Å². The third-order valence-corrected chi connectivity index (χ3v) is 9.15. The summed E-state index contributed by atoms with van der Waals surface area (Å²) in [5.74, 6) is -0.353. The van der Waals surface area contributed by atoms with E-state index in [2.05, 4.69) is 27.3 Å². The van der Waals surface area contributed by atoms with Gasteiger partial charge in [-0.3, -0.25) is 4.90 Å². The van der Waals surface area contributed by atoms with E-state index in [-0.39, 0.29) is 22.0 Å². The minimum Gasteiger partial charge on any atom is -0.465 e. The third-order valence-electron chi connectivity index (χ3n) is 6.35. The van der Waals surface area contributed by atoms with Gasteiger partial charge in [0, 0.05) is 48.9 Å². The number of thiophene rings is 1. The molecule has 35 heavy (non-hydrogen) atoms. The highest BCUT2D eigenvalue weighted by molar-refractivity contribution is 7.90. The van der Waals surface area contributed by atoms with E-state index >= 15 is 0 Å². The average molecular weight is 533 g/mol. The van der Waals surface area contributed by atoms with Gasteiger partial charge in [0.2, 0.25) is 0 Å². The summed E-state index contributed by atoms with van der Waals surface area (Å²) in [5, 5.41) is 2.45. The molecular weight excluding hydrogens is 508 g/mol. The van der Waals surface area contributed by atoms with Gasteiger partial charge in [0.05, 0.1) is 23.4 Å². The van der Waals surface area contributed by atoms with Crippen LogP contribution in [0.2, 0.25) is 5.02 Å². The van der Waals surface area contributed by atoms with Gasteiger partial charge in [-0.1, -0.05) is 17.7 Å². The molecule has 3 heterocycles. The van der Waals surface area contributed by atoms with Crippen LogP contribution in [0.3, 0.4) is 0 Å². The van der Waals surface area contributed by atoms with Crippen molar-refractivity contribution in [3.05, 3.63) is 68.4 Å². The molecule has 5 rings (SSSR count). The molecule has 1 fully saturated rings. The van der Waals surface area contributed by atoms with Crippen LogP contribution in [-0.4, -0.2) is 52.6 Å². The lowest BCUT2D eigenvalue weighted by Crippen LogP contribution is -2.45. The van der Waals surface area contributed by atoms with Crippen molar-refractivity contribution in [1.82, 2.24) is 4.90 Å². The molecule has 0 saturated carbocycles. The van der Waals surface area contributed by atoms with Crippen LogP contribution >= 0.6 is 22.9 Å². The summed E-state index contributed by atoms with van der Waals surface area (Å²) in [6.07, 6.45) is 0. The van der Waals surface area contributed by atoms with E-state index in [4.69, 9.17) is 21.1 Å². The molecule has 7 nitrogen and oxygen atoms in total. The number of fused-ring (bicyclic) bond motifs is 2. The van der Waals surface area contributed by atoms with Crippen molar-refractivity contribution in [3.63, 3.8) is 0 Å². The fourth-order valence-corrected chi connectivity index (χ4v) is 7.14. The number of aryl methyl sites for hydroxylation is 1. The number of piperazine rings is 1. The molecule has 3 aromatic rings. The number of anilines is 1. The summed E-state index contributed by atoms with van der Waals surface area (Å²) in [6, 6.07) is 10.8. The molecule has 0 radical (unpaired) electrons. The average Bonchev–Trinajstić information content (AvgIpc) is 3.30. The smallest absolute Gasteiger partial charge is 0.337 e. The molecule has 0 aliphatic carbocycles. The lowest BCUT2D eigenvalue weighted by Gasteiger charge is -2.36. The van der Waals surface area contributed by atoms with Gasteiger partial charge < -0.3 is 14.4 Å². The summed E-state index contributed by atoms with van der Waals surface area (Å²) in [4.78, 5) is 18.0. The molecule has 1 aromatic heterocycles. The molecule has 0 unspecified atom stereocenters. The Morgan fingerprint density at radius 2 is 1.91 bits per heavy atom. The predicted molar refractivity (Wildman–Crippen MR) is 137 cm³/mol. The molecule has 0 bridgehead atoms. The topological polar surface area (TPSA) is 76.2 Å². The van der Waals surface area contributed by atoms with Gasteiger partial charge in [0.25, 0.3) is 0 Å². The van der Waals surface area contributed by atoms with Crippen LogP contribution in [-0.2, 0) is 26.9 Å². The Morgan fingerprint density at radius 3 is 2.60 bits per heavy atom. The fourth-order valence-electron chi connectivity index (χ4n) is 4.55. The zero-order chi connectivity index (χ0) is 24.7. The molecule has 2 aliphatic heterocycles. The van der Waals surface area contributed by atoms with Gasteiger partial charge in [-0.05, 0) is 48.2 Å². The van der Waals surface area contributed by atoms with Crippen LogP contribution in [0.15, 0.2) is 46.7 Å². The molecule has 1 saturated heterocycles. The molecule has 10 heteroatoms. The summed E-state index contributed by atoms with van der Waals surface area (Å²) < 4.78 is 37.6. The van der Waals surface area contributed by atoms with Gasteiger partial charge in [-0.2, -0.15) is 0 Å². The normalized spacial score (nSPS) is 17.2. The lowest BCUT2D eigenvalue weighted by atomic mass is 10.1. The number of carbonyl (C=O) groups excluding carboxylic acids is 1. The zero-order valence-electron chi connectivity index (χ0n) is 19.4. The largest absolute Gasteiger partial charge is 0.465 e. The number of nitrogens with zero attached hydrogens (tertiary/aromatic N) is 2. The highest BCUT2D eigenvalue weighted by Crippen LogP contribution is 2.45. The number of halogens is 1. The number of carbonyl (C=O) groups is 1. The standard InChI is InChI=1S/C25H25ClN2O5S2/c1-16-10-17(25(29)32-2)12-22-23(16)33-24-18(15-35(22,30)31)11-19(13-21(24)26)28-7-5-27(6-8-28)14-20-4-3-9-34-20/h3-4,9-13H,5-8,14-15H2,1-2H3. The number of esters is 1. The molecule has 2 aliphatic rings. The van der Waals surface area contributed by atoms with Gasteiger partial charge in [0.1, 0.15) is 16.4 Å². The van der Waals surface area contributed by atoms with Crippen LogP contribution in [0, 0.1) is 6.92 Å². The summed E-state index contributed by atoms with van der Waals surface area (Å²) in [5.41, 5.74) is 2.06. The molecule has 0 amide bonds. The minimum absolute atomic E-state index is 0.0334. The van der Waals surface area contributed by atoms with E-state index in [9.17, 15) is 13.2 Å². The maximum atomic E-state index is 13.4. The Balaban J connectivity index is 1.43. The summed E-state index contributed by atoms with van der Waals surface area (Å²) in [6.45, 7) is 6.08. The second-order valence-electron chi connectivity index (χ2n) is 8.73. The van der Waals surface area contributed by atoms with E-state index < -0.39 is 15.8 Å². The van der Waals surface area contributed by atoms with E-state index in [0.717, 1.165) is 38.4 Å². The Bertz CT molecular complexity index is 1380. The lowest BCUT2D eigenvalue weighted by molar-refractivity contribution is 0.0600. The molecule has 0 atom stereocenters. The van der Waals surface area contributed by atoms with Crippen molar-refractivity contribution >= 4 is 44.4 Å². The van der Waals surface area contributed by atoms with Crippen molar-refractivity contribution in [3.8, 4) is 11.5 Å². The number of sulfone groups is 1. The van der Waals surface area contributed by atoms with Crippen molar-refractivity contribution in [2.75, 3.05) is 38.2 Å². The Kier molecular flexibility index (Phi) is 6.52. The molecular formula is C25H25ClN2O5S2. The zero-order valence-corrected chi connectivity index (χ0v) is 21.8. The van der Waals surface area contributed by atoms with Crippen LogP contribution < -0.4 is 9.64 Å². The Labute approximate surface area is 213 Å². The third kappa shape index (κ3) is 4.78. The fraction of sp³-hybridized carbons (Fsp3) is 0.320. The number of hydrogen-bond donors (Lipinski definition) is 0. The number of benzene rings is 2. The summed E-state index contributed by atoms with van der Waals surface area (Å²) >= 11 is 8.41. The molecule has 184 valence electrons. The molecule has 2 aromatic carbocycles. The second-order valence-corrected chi connectivity index (χ2v) is 12.1. The number of ether oxygens (including phenoxy) is 2. The number of hydrogen-bond acceptors (Lipinski definition) is 8. The van der Waals surface area contributed by atoms with Gasteiger partial charge in [-0.15, -0.1) is 11.3 Å². The minimum atomic E-state index is -3.80. The second kappa shape index (κ2) is 9.46. The molecule has 0 spiro atoms. The van der Waals surface area contributed by atoms with Gasteiger partial charge >= 0.3 is 5.97 Å². The van der Waals surface area contributed by atoms with Crippen LogP contribution in [0.25, 0.3) is 0 Å². The highest BCUT2D eigenvalue weighted by Gasteiger charge is 2.32. The van der Waals surface area contributed by atoms with Crippen LogP contribution in [0.4, 0.5) is 5.69 Å². The summed E-state index contributed by atoms with van der Waals surface area (Å²) in [7, 11) is -2.54. The quantitative estimate of drug-likeness (QED) is 0.442. The van der Waals surface area contributed by atoms with Crippen molar-refractivity contribution < 1.29 is 22.7 Å². The first kappa shape index (κ1) is 24.1. The highest BCUT2D eigenvalue weighted by atomic mass is 35.5. The van der Waals surface area contributed by atoms with E-state index in [1.807, 2.05) is 12.1 Å². The Morgan fingerprint density at radius 1 is 1.14 bits per heavy atom. The van der Waals surface area contributed by atoms with Crippen molar-refractivity contribution in [2.45, 2.75) is 24.1 Å². The van der Waals surface area contributed by atoms with Crippen molar-refractivity contribution in [1.29, 1.82) is 0 Å². The van der Waals surface area contributed by atoms with Gasteiger partial charge in [0.15, 0.2) is 9.84 Å². The van der Waals surface area contributed by atoms with Crippen LogP contribution in [0.1, 0.15) is 26.4 Å².